The number of pyridine rings is 1. The minimum absolute atomic E-state index is 0.229. The maximum Gasteiger partial charge on any atom is 0.146 e. The van der Waals surface area contributed by atoms with E-state index in [2.05, 4.69) is 26.8 Å². The molecule has 0 atom stereocenters. The van der Waals surface area contributed by atoms with Gasteiger partial charge in [-0.2, -0.15) is 0 Å². The summed E-state index contributed by atoms with van der Waals surface area (Å²) in [6.07, 6.45) is 3.66. The van der Waals surface area contributed by atoms with Crippen LogP contribution in [-0.4, -0.2) is 38.3 Å². The summed E-state index contributed by atoms with van der Waals surface area (Å²) < 4.78 is 7.44. The first kappa shape index (κ1) is 18.2. The zero-order valence-electron chi connectivity index (χ0n) is 15.1. The van der Waals surface area contributed by atoms with E-state index in [1.807, 2.05) is 24.6 Å². The fraction of sp³-hybridized carbons (Fsp3) is 0.316. The molecule has 7 heteroatoms. The van der Waals surface area contributed by atoms with Crippen molar-refractivity contribution < 1.29 is 9.84 Å². The predicted molar refractivity (Wildman–Crippen MR) is 101 cm³/mol. The van der Waals surface area contributed by atoms with Crippen molar-refractivity contribution in [2.45, 2.75) is 27.3 Å². The Balaban J connectivity index is 2.17. The van der Waals surface area contributed by atoms with Gasteiger partial charge in [0, 0.05) is 23.5 Å². The number of hydrogen-bond acceptors (Lipinski definition) is 5. The van der Waals surface area contributed by atoms with Gasteiger partial charge >= 0.3 is 0 Å². The summed E-state index contributed by atoms with van der Waals surface area (Å²) in [6.45, 7) is 6.01. The van der Waals surface area contributed by atoms with Crippen LogP contribution in [0.3, 0.4) is 0 Å². The van der Waals surface area contributed by atoms with Gasteiger partial charge in [0.2, 0.25) is 0 Å². The Morgan fingerprint density at radius 2 is 2.04 bits per heavy atom. The number of nitrogens with zero attached hydrogens (tertiary/aromatic N) is 4. The number of fused-ring (bicyclic) bond motifs is 1. The topological polar surface area (TPSA) is 73.1 Å². The Labute approximate surface area is 156 Å². The number of ether oxygens (including phenoxy) is 1. The van der Waals surface area contributed by atoms with Gasteiger partial charge in [0.05, 0.1) is 30.3 Å². The smallest absolute Gasteiger partial charge is 0.146 e. The summed E-state index contributed by atoms with van der Waals surface area (Å²) in [5.74, 6) is 6.98. The third-order valence-electron chi connectivity index (χ3n) is 4.16. The van der Waals surface area contributed by atoms with E-state index in [0.29, 0.717) is 34.1 Å². The van der Waals surface area contributed by atoms with Gasteiger partial charge in [-0.05, 0) is 20.8 Å². The van der Waals surface area contributed by atoms with Crippen molar-refractivity contribution in [2.75, 3.05) is 13.7 Å². The normalized spacial score (nSPS) is 10.7. The highest BCUT2D eigenvalue weighted by Gasteiger charge is 2.16. The van der Waals surface area contributed by atoms with E-state index < -0.39 is 0 Å². The lowest BCUT2D eigenvalue weighted by atomic mass is 10.1. The monoisotopic (exact) mass is 370 g/mol. The largest absolute Gasteiger partial charge is 0.496 e. The second kappa shape index (κ2) is 7.32. The standard InChI is InChI=1S/C19H19ClN4O2/c1-11-8-21-15(12(2)17(11)26-4)10-24-9-14(6-5-7-25)16-18(20)22-13(3)23-19(16)24/h8-9,25H,7,10H2,1-4H3. The van der Waals surface area contributed by atoms with Crippen LogP contribution in [0.1, 0.15) is 28.2 Å². The molecule has 3 aromatic rings. The summed E-state index contributed by atoms with van der Waals surface area (Å²) in [5, 5.41) is 10.0. The van der Waals surface area contributed by atoms with Gasteiger partial charge in [0.1, 0.15) is 29.0 Å². The van der Waals surface area contributed by atoms with Gasteiger partial charge in [0.15, 0.2) is 0 Å². The van der Waals surface area contributed by atoms with Crippen LogP contribution in [0.4, 0.5) is 0 Å². The first-order valence-electron chi connectivity index (χ1n) is 8.08. The van der Waals surface area contributed by atoms with Crippen LogP contribution < -0.4 is 4.74 Å². The number of halogens is 1. The molecule has 0 saturated carbocycles. The first-order valence-corrected chi connectivity index (χ1v) is 8.45. The Morgan fingerprint density at radius 1 is 1.27 bits per heavy atom. The Morgan fingerprint density at radius 3 is 2.73 bits per heavy atom. The van der Waals surface area contributed by atoms with Gasteiger partial charge in [0.25, 0.3) is 0 Å². The molecule has 0 aromatic carbocycles. The molecular formula is C19H19ClN4O2. The van der Waals surface area contributed by atoms with Gasteiger partial charge in [-0.1, -0.05) is 23.4 Å². The van der Waals surface area contributed by atoms with Crippen LogP contribution in [0.5, 0.6) is 5.75 Å². The molecule has 1 N–H and O–H groups in total. The number of methoxy groups -OCH3 is 1. The average molecular weight is 371 g/mol. The third-order valence-corrected chi connectivity index (χ3v) is 4.43. The first-order chi connectivity index (χ1) is 12.5. The number of aliphatic hydroxyl groups excluding tert-OH is 1. The molecule has 0 aliphatic heterocycles. The molecule has 0 fully saturated rings. The van der Waals surface area contributed by atoms with Crippen LogP contribution >= 0.6 is 11.6 Å². The maximum absolute atomic E-state index is 9.01. The lowest BCUT2D eigenvalue weighted by Gasteiger charge is -2.13. The molecule has 26 heavy (non-hydrogen) atoms. The van der Waals surface area contributed by atoms with Crippen LogP contribution in [0, 0.1) is 32.6 Å². The zero-order valence-corrected chi connectivity index (χ0v) is 15.8. The van der Waals surface area contributed by atoms with Gasteiger partial charge in [-0.15, -0.1) is 0 Å². The minimum atomic E-state index is -0.229. The third kappa shape index (κ3) is 3.24. The number of aryl methyl sites for hydroxylation is 2. The van der Waals surface area contributed by atoms with Crippen LogP contribution in [0.2, 0.25) is 5.15 Å². The number of rotatable bonds is 3. The maximum atomic E-state index is 9.01. The van der Waals surface area contributed by atoms with Crippen molar-refractivity contribution in [3.8, 4) is 17.6 Å². The molecule has 134 valence electrons. The highest BCUT2D eigenvalue weighted by Crippen LogP contribution is 2.29. The van der Waals surface area contributed by atoms with E-state index in [9.17, 15) is 0 Å². The molecule has 0 aliphatic rings. The summed E-state index contributed by atoms with van der Waals surface area (Å²) in [4.78, 5) is 13.3. The molecule has 0 saturated heterocycles. The molecule has 0 aliphatic carbocycles. The highest BCUT2D eigenvalue weighted by atomic mass is 35.5. The number of hydrogen-bond donors (Lipinski definition) is 1. The minimum Gasteiger partial charge on any atom is -0.496 e. The molecule has 0 spiro atoms. The summed E-state index contributed by atoms with van der Waals surface area (Å²) in [5.41, 5.74) is 4.20. The number of aliphatic hydroxyl groups is 1. The van der Waals surface area contributed by atoms with Crippen molar-refractivity contribution in [3.05, 3.63) is 45.8 Å². The van der Waals surface area contributed by atoms with Crippen molar-refractivity contribution in [2.24, 2.45) is 0 Å². The van der Waals surface area contributed by atoms with Crippen LogP contribution in [-0.2, 0) is 6.54 Å². The van der Waals surface area contributed by atoms with Crippen LogP contribution in [0.15, 0.2) is 12.4 Å². The second-order valence-corrected chi connectivity index (χ2v) is 6.29. The van der Waals surface area contributed by atoms with E-state index in [1.165, 1.54) is 0 Å². The fourth-order valence-electron chi connectivity index (χ4n) is 2.99. The van der Waals surface area contributed by atoms with Crippen LogP contribution in [0.25, 0.3) is 11.0 Å². The van der Waals surface area contributed by atoms with E-state index in [0.717, 1.165) is 22.6 Å². The van der Waals surface area contributed by atoms with Crippen molar-refractivity contribution in [3.63, 3.8) is 0 Å². The summed E-state index contributed by atoms with van der Waals surface area (Å²) >= 11 is 6.33. The molecular weight excluding hydrogens is 352 g/mol. The summed E-state index contributed by atoms with van der Waals surface area (Å²) in [6, 6.07) is 0. The van der Waals surface area contributed by atoms with Gasteiger partial charge < -0.3 is 14.4 Å². The van der Waals surface area contributed by atoms with Crippen molar-refractivity contribution >= 4 is 22.6 Å². The molecule has 6 nitrogen and oxygen atoms in total. The lowest BCUT2D eigenvalue weighted by molar-refractivity contribution is 0.350. The molecule has 3 aromatic heterocycles. The quantitative estimate of drug-likeness (QED) is 0.567. The molecule has 0 bridgehead atoms. The Hall–Kier alpha value is -2.62. The second-order valence-electron chi connectivity index (χ2n) is 5.94. The van der Waals surface area contributed by atoms with Gasteiger partial charge in [-0.3, -0.25) is 4.98 Å². The average Bonchev–Trinajstić information content (AvgIpc) is 2.93. The fourth-order valence-corrected chi connectivity index (χ4v) is 3.30. The van der Waals surface area contributed by atoms with E-state index in [-0.39, 0.29) is 6.61 Å². The highest BCUT2D eigenvalue weighted by molar-refractivity contribution is 6.34. The molecule has 0 amide bonds. The molecule has 3 heterocycles. The van der Waals surface area contributed by atoms with Gasteiger partial charge in [-0.25, -0.2) is 9.97 Å². The SMILES string of the molecule is COc1c(C)cnc(Cn2cc(C#CCO)c3c(Cl)nc(C)nc32)c1C. The zero-order chi connectivity index (χ0) is 18.8. The van der Waals surface area contributed by atoms with E-state index in [4.69, 9.17) is 21.4 Å². The molecule has 0 radical (unpaired) electrons. The Kier molecular flexibility index (Phi) is 5.12. The summed E-state index contributed by atoms with van der Waals surface area (Å²) in [7, 11) is 1.66. The number of aromatic nitrogens is 4. The van der Waals surface area contributed by atoms with E-state index >= 15 is 0 Å². The van der Waals surface area contributed by atoms with E-state index in [1.54, 1.807) is 20.2 Å². The molecule has 3 rings (SSSR count). The Bertz CT molecular complexity index is 1050. The lowest BCUT2D eigenvalue weighted by Crippen LogP contribution is -2.06. The molecule has 0 unspecified atom stereocenters. The predicted octanol–water partition coefficient (Wildman–Crippen LogP) is 2.81. The van der Waals surface area contributed by atoms with Crippen molar-refractivity contribution in [1.29, 1.82) is 0 Å². The van der Waals surface area contributed by atoms with Crippen molar-refractivity contribution in [1.82, 2.24) is 19.5 Å².